The summed E-state index contributed by atoms with van der Waals surface area (Å²) in [4.78, 5) is 28.1. The van der Waals surface area contributed by atoms with Crippen LogP contribution in [0.3, 0.4) is 0 Å². The number of carbonyl (C=O) groups is 1. The lowest BCUT2D eigenvalue weighted by atomic mass is 10.0. The Balaban J connectivity index is 1.56. The molecule has 1 aromatic rings. The van der Waals surface area contributed by atoms with Crippen LogP contribution >= 0.6 is 0 Å². The number of likely N-dealkylation sites (tertiary alicyclic amines) is 1. The maximum Gasteiger partial charge on any atom is 0.318 e. The average Bonchev–Trinajstić information content (AvgIpc) is 3.15. The summed E-state index contributed by atoms with van der Waals surface area (Å²) in [5.41, 5.74) is 2.07. The lowest BCUT2D eigenvalue weighted by Crippen LogP contribution is -2.54. The van der Waals surface area contributed by atoms with Gasteiger partial charge in [-0.3, -0.25) is 4.79 Å². The van der Waals surface area contributed by atoms with Gasteiger partial charge in [-0.25, -0.2) is 0 Å². The second-order valence-corrected chi connectivity index (χ2v) is 8.70. The molecule has 164 valence electrons. The summed E-state index contributed by atoms with van der Waals surface area (Å²) < 4.78 is 12.0. The van der Waals surface area contributed by atoms with Crippen molar-refractivity contribution >= 4 is 11.7 Å². The Morgan fingerprint density at radius 3 is 2.83 bits per heavy atom. The Hall–Kier alpha value is -2.19. The Morgan fingerprint density at radius 2 is 2.13 bits per heavy atom. The fourth-order valence-corrected chi connectivity index (χ4v) is 4.65. The van der Waals surface area contributed by atoms with Crippen LogP contribution in [0.1, 0.15) is 37.9 Å². The number of ether oxygens (including phenoxy) is 2. The lowest BCUT2D eigenvalue weighted by Gasteiger charge is -2.41. The first-order chi connectivity index (χ1) is 14.5. The van der Waals surface area contributed by atoms with Crippen LogP contribution in [0.4, 0.5) is 5.82 Å². The second-order valence-electron chi connectivity index (χ2n) is 8.70. The molecular weight excluding hydrogens is 382 g/mol. The molecule has 2 fully saturated rings. The number of nitrogens with zero attached hydrogens (tertiary/aromatic N) is 5. The number of fused-ring (bicyclic) bond motifs is 1. The van der Waals surface area contributed by atoms with Gasteiger partial charge in [0.05, 0.1) is 18.4 Å². The average molecular weight is 416 g/mol. The number of piperazine rings is 1. The SMILES string of the molecule is C=CC(=O)N1CCN(c2nc(OC[C@@H]3CCCN3C)nc3c2COC(C)C3)C[C@H]1C. The van der Waals surface area contributed by atoms with E-state index in [1.807, 2.05) is 4.90 Å². The summed E-state index contributed by atoms with van der Waals surface area (Å²) >= 11 is 0. The van der Waals surface area contributed by atoms with Crippen molar-refractivity contribution in [3.05, 3.63) is 23.9 Å². The molecule has 3 atom stereocenters. The molecule has 1 aromatic heterocycles. The Kier molecular flexibility index (Phi) is 6.24. The zero-order valence-electron chi connectivity index (χ0n) is 18.3. The first kappa shape index (κ1) is 21.1. The Bertz CT molecular complexity index is 801. The number of amides is 1. The highest BCUT2D eigenvalue weighted by Gasteiger charge is 2.31. The minimum absolute atomic E-state index is 0.0197. The molecule has 0 aromatic carbocycles. The molecule has 4 rings (SSSR count). The maximum absolute atomic E-state index is 12.1. The van der Waals surface area contributed by atoms with Gasteiger partial charge in [0.2, 0.25) is 5.91 Å². The van der Waals surface area contributed by atoms with Crippen molar-refractivity contribution in [3.8, 4) is 6.01 Å². The van der Waals surface area contributed by atoms with Crippen LogP contribution in [0, 0.1) is 0 Å². The molecule has 8 nitrogen and oxygen atoms in total. The van der Waals surface area contributed by atoms with Gasteiger partial charge >= 0.3 is 6.01 Å². The van der Waals surface area contributed by atoms with E-state index in [-0.39, 0.29) is 18.1 Å². The number of carbonyl (C=O) groups excluding carboxylic acids is 1. The van der Waals surface area contributed by atoms with Crippen molar-refractivity contribution in [2.24, 2.45) is 0 Å². The van der Waals surface area contributed by atoms with E-state index in [0.717, 1.165) is 36.5 Å². The summed E-state index contributed by atoms with van der Waals surface area (Å²) in [5.74, 6) is 0.868. The summed E-state index contributed by atoms with van der Waals surface area (Å²) in [6.45, 7) is 12.1. The van der Waals surface area contributed by atoms with Crippen LogP contribution < -0.4 is 9.64 Å². The molecule has 1 unspecified atom stereocenters. The highest BCUT2D eigenvalue weighted by molar-refractivity contribution is 5.87. The van der Waals surface area contributed by atoms with E-state index in [2.05, 4.69) is 37.3 Å². The predicted octanol–water partition coefficient (Wildman–Crippen LogP) is 1.63. The summed E-state index contributed by atoms with van der Waals surface area (Å²) in [6, 6.07) is 0.953. The maximum atomic E-state index is 12.1. The molecule has 0 saturated carbocycles. The van der Waals surface area contributed by atoms with Gasteiger partial charge in [-0.1, -0.05) is 6.58 Å². The number of anilines is 1. The van der Waals surface area contributed by atoms with Crippen molar-refractivity contribution < 1.29 is 14.3 Å². The fraction of sp³-hybridized carbons (Fsp3) is 0.682. The van der Waals surface area contributed by atoms with Gasteiger partial charge < -0.3 is 24.2 Å². The van der Waals surface area contributed by atoms with Crippen LogP contribution in [-0.2, 0) is 22.6 Å². The minimum Gasteiger partial charge on any atom is -0.462 e. The molecular formula is C22H33N5O3. The molecule has 4 heterocycles. The van der Waals surface area contributed by atoms with Gasteiger partial charge in [0.1, 0.15) is 12.4 Å². The molecule has 0 aliphatic carbocycles. The van der Waals surface area contributed by atoms with Crippen molar-refractivity contribution in [3.63, 3.8) is 0 Å². The van der Waals surface area contributed by atoms with Gasteiger partial charge in [0.15, 0.2) is 0 Å². The molecule has 3 aliphatic rings. The summed E-state index contributed by atoms with van der Waals surface area (Å²) in [7, 11) is 2.14. The molecule has 30 heavy (non-hydrogen) atoms. The van der Waals surface area contributed by atoms with Gasteiger partial charge in [-0.05, 0) is 46.4 Å². The van der Waals surface area contributed by atoms with Crippen molar-refractivity contribution in [2.75, 3.05) is 44.7 Å². The van der Waals surface area contributed by atoms with Crippen LogP contribution in [0.25, 0.3) is 0 Å². The minimum atomic E-state index is -0.0197. The van der Waals surface area contributed by atoms with Crippen LogP contribution in [0.15, 0.2) is 12.7 Å². The second kappa shape index (κ2) is 8.89. The highest BCUT2D eigenvalue weighted by Crippen LogP contribution is 2.31. The van der Waals surface area contributed by atoms with E-state index in [9.17, 15) is 4.79 Å². The van der Waals surface area contributed by atoms with Crippen molar-refractivity contribution in [1.82, 2.24) is 19.8 Å². The number of rotatable bonds is 5. The third kappa shape index (κ3) is 4.30. The molecule has 0 radical (unpaired) electrons. The van der Waals surface area contributed by atoms with E-state index in [1.54, 1.807) is 0 Å². The number of aromatic nitrogens is 2. The van der Waals surface area contributed by atoms with Gasteiger partial charge in [0, 0.05) is 43.7 Å². The molecule has 2 saturated heterocycles. The Morgan fingerprint density at radius 1 is 1.30 bits per heavy atom. The van der Waals surface area contributed by atoms with Crippen molar-refractivity contribution in [1.29, 1.82) is 0 Å². The molecule has 1 amide bonds. The molecule has 3 aliphatic heterocycles. The monoisotopic (exact) mass is 415 g/mol. The lowest BCUT2D eigenvalue weighted by molar-refractivity contribution is -0.128. The first-order valence-corrected chi connectivity index (χ1v) is 11.0. The zero-order valence-corrected chi connectivity index (χ0v) is 18.3. The quantitative estimate of drug-likeness (QED) is 0.677. The van der Waals surface area contributed by atoms with Gasteiger partial charge in [0.25, 0.3) is 0 Å². The molecule has 8 heteroatoms. The number of hydrogen-bond donors (Lipinski definition) is 0. The summed E-state index contributed by atoms with van der Waals surface area (Å²) in [5, 5.41) is 0. The van der Waals surface area contributed by atoms with Gasteiger partial charge in [-0.2, -0.15) is 9.97 Å². The number of likely N-dealkylation sites (N-methyl/N-ethyl adjacent to an activating group) is 1. The van der Waals surface area contributed by atoms with Crippen LogP contribution in [-0.4, -0.2) is 83.7 Å². The van der Waals surface area contributed by atoms with Crippen LogP contribution in [0.5, 0.6) is 6.01 Å². The van der Waals surface area contributed by atoms with E-state index in [4.69, 9.17) is 19.4 Å². The first-order valence-electron chi connectivity index (χ1n) is 11.0. The highest BCUT2D eigenvalue weighted by atomic mass is 16.5. The predicted molar refractivity (Wildman–Crippen MR) is 115 cm³/mol. The van der Waals surface area contributed by atoms with Gasteiger partial charge in [-0.15, -0.1) is 0 Å². The Labute approximate surface area is 178 Å². The van der Waals surface area contributed by atoms with E-state index in [0.29, 0.717) is 44.9 Å². The third-order valence-electron chi connectivity index (χ3n) is 6.50. The van der Waals surface area contributed by atoms with Crippen LogP contribution in [0.2, 0.25) is 0 Å². The van der Waals surface area contributed by atoms with Crippen molar-refractivity contribution in [2.45, 2.75) is 57.9 Å². The molecule has 0 N–H and O–H groups in total. The standard InChI is InChI=1S/C22H33N5O3/c1-5-20(28)27-10-9-26(12-15(27)2)21-18-14-29-16(3)11-19(18)23-22(24-21)30-13-17-7-6-8-25(17)4/h5,15-17H,1,6-14H2,2-4H3/t15-,16?,17+/m1/s1. The smallest absolute Gasteiger partial charge is 0.318 e. The van der Waals surface area contributed by atoms with E-state index in [1.165, 1.54) is 12.5 Å². The zero-order chi connectivity index (χ0) is 21.3. The fourth-order valence-electron chi connectivity index (χ4n) is 4.65. The number of hydrogen-bond acceptors (Lipinski definition) is 7. The normalized spacial score (nSPS) is 27.1. The molecule has 0 bridgehead atoms. The van der Waals surface area contributed by atoms with E-state index < -0.39 is 0 Å². The third-order valence-corrected chi connectivity index (χ3v) is 6.50. The topological polar surface area (TPSA) is 71.0 Å². The largest absolute Gasteiger partial charge is 0.462 e. The summed E-state index contributed by atoms with van der Waals surface area (Å²) in [6.07, 6.45) is 4.64. The van der Waals surface area contributed by atoms with E-state index >= 15 is 0 Å². The molecule has 0 spiro atoms.